The molecule has 22 heavy (non-hydrogen) atoms. The summed E-state index contributed by atoms with van der Waals surface area (Å²) in [6.07, 6.45) is 5.83. The van der Waals surface area contributed by atoms with E-state index in [1.165, 1.54) is 5.56 Å². The number of rotatable bonds is 3. The van der Waals surface area contributed by atoms with Gasteiger partial charge in [-0.15, -0.1) is 0 Å². The van der Waals surface area contributed by atoms with Gasteiger partial charge in [0, 0.05) is 0 Å². The summed E-state index contributed by atoms with van der Waals surface area (Å²) >= 11 is 0. The van der Waals surface area contributed by atoms with Crippen LogP contribution in [0.2, 0.25) is 0 Å². The average molecular weight is 292 g/mol. The standard InChI is InChI=1S/C20H20O2/c1-15-10-12-17(13-11-15)20(21)22-19-9-5-8-18(14-19)16-6-3-2-4-7-16/h2-7,9-13,18-19H,8,14H2,1H3/t18-,19+/m0/s1. The molecular weight excluding hydrogens is 272 g/mol. The van der Waals surface area contributed by atoms with Crippen molar-refractivity contribution in [3.8, 4) is 0 Å². The molecule has 0 saturated heterocycles. The highest BCUT2D eigenvalue weighted by Gasteiger charge is 2.22. The predicted molar refractivity (Wildman–Crippen MR) is 87.9 cm³/mol. The van der Waals surface area contributed by atoms with Gasteiger partial charge in [0.1, 0.15) is 6.10 Å². The summed E-state index contributed by atoms with van der Waals surface area (Å²) in [5.41, 5.74) is 3.06. The van der Waals surface area contributed by atoms with E-state index in [1.54, 1.807) is 0 Å². The number of ether oxygens (including phenoxy) is 1. The third-order valence-corrected chi connectivity index (χ3v) is 4.10. The Hall–Kier alpha value is -2.35. The summed E-state index contributed by atoms with van der Waals surface area (Å²) in [5, 5.41) is 0. The fourth-order valence-corrected chi connectivity index (χ4v) is 2.83. The van der Waals surface area contributed by atoms with Crippen LogP contribution < -0.4 is 0 Å². The SMILES string of the molecule is Cc1ccc(C(=O)O[C@@H]2C=CC[C@H](c3ccccc3)C2)cc1. The molecule has 2 nitrogen and oxygen atoms in total. The van der Waals surface area contributed by atoms with Gasteiger partial charge < -0.3 is 4.74 Å². The molecule has 1 aliphatic carbocycles. The Morgan fingerprint density at radius 3 is 2.50 bits per heavy atom. The first kappa shape index (κ1) is 14.6. The lowest BCUT2D eigenvalue weighted by Crippen LogP contribution is -2.21. The van der Waals surface area contributed by atoms with E-state index in [9.17, 15) is 4.79 Å². The fraction of sp³-hybridized carbons (Fsp3) is 0.250. The van der Waals surface area contributed by atoms with E-state index in [1.807, 2.05) is 43.3 Å². The first-order valence-electron chi connectivity index (χ1n) is 7.71. The van der Waals surface area contributed by atoms with Gasteiger partial charge in [-0.25, -0.2) is 4.79 Å². The van der Waals surface area contributed by atoms with E-state index < -0.39 is 0 Å². The van der Waals surface area contributed by atoms with Gasteiger partial charge in [-0.3, -0.25) is 0 Å². The topological polar surface area (TPSA) is 26.3 Å². The van der Waals surface area contributed by atoms with Crippen LogP contribution in [0.5, 0.6) is 0 Å². The zero-order valence-electron chi connectivity index (χ0n) is 12.7. The molecule has 2 heteroatoms. The average Bonchev–Trinajstić information content (AvgIpc) is 2.56. The van der Waals surface area contributed by atoms with Crippen molar-refractivity contribution in [3.63, 3.8) is 0 Å². The van der Waals surface area contributed by atoms with Crippen LogP contribution in [0.3, 0.4) is 0 Å². The summed E-state index contributed by atoms with van der Waals surface area (Å²) in [7, 11) is 0. The number of carbonyl (C=O) groups is 1. The first-order valence-corrected chi connectivity index (χ1v) is 7.71. The van der Waals surface area contributed by atoms with E-state index in [0.717, 1.165) is 18.4 Å². The smallest absolute Gasteiger partial charge is 0.338 e. The highest BCUT2D eigenvalue weighted by Crippen LogP contribution is 2.30. The van der Waals surface area contributed by atoms with Crippen molar-refractivity contribution in [1.82, 2.24) is 0 Å². The van der Waals surface area contributed by atoms with Crippen molar-refractivity contribution in [1.29, 1.82) is 0 Å². The van der Waals surface area contributed by atoms with Gasteiger partial charge in [0.15, 0.2) is 0 Å². The van der Waals surface area contributed by atoms with Crippen LogP contribution in [-0.4, -0.2) is 12.1 Å². The van der Waals surface area contributed by atoms with Crippen molar-refractivity contribution >= 4 is 5.97 Å². The summed E-state index contributed by atoms with van der Waals surface area (Å²) < 4.78 is 5.64. The van der Waals surface area contributed by atoms with Crippen LogP contribution in [0.25, 0.3) is 0 Å². The number of aryl methyl sites for hydroxylation is 1. The summed E-state index contributed by atoms with van der Waals surface area (Å²) in [5.74, 6) is 0.172. The number of carbonyl (C=O) groups excluding carboxylic acids is 1. The van der Waals surface area contributed by atoms with Crippen LogP contribution in [0.1, 0.15) is 40.2 Å². The quantitative estimate of drug-likeness (QED) is 0.608. The van der Waals surface area contributed by atoms with Gasteiger partial charge in [-0.2, -0.15) is 0 Å². The number of hydrogen-bond acceptors (Lipinski definition) is 2. The van der Waals surface area contributed by atoms with E-state index in [2.05, 4.69) is 30.3 Å². The third kappa shape index (κ3) is 3.45. The normalized spacial score (nSPS) is 20.6. The Balaban J connectivity index is 1.65. The molecule has 0 amide bonds. The second kappa shape index (κ2) is 6.61. The Morgan fingerprint density at radius 1 is 1.05 bits per heavy atom. The van der Waals surface area contributed by atoms with Crippen LogP contribution in [0, 0.1) is 6.92 Å². The van der Waals surface area contributed by atoms with Crippen molar-refractivity contribution in [2.45, 2.75) is 31.8 Å². The molecule has 2 aromatic carbocycles. The number of hydrogen-bond donors (Lipinski definition) is 0. The molecule has 0 spiro atoms. The molecule has 0 bridgehead atoms. The molecule has 0 saturated carbocycles. The second-order valence-electron chi connectivity index (χ2n) is 5.82. The van der Waals surface area contributed by atoms with Gasteiger partial charge in [0.05, 0.1) is 5.56 Å². The molecule has 0 aliphatic heterocycles. The van der Waals surface area contributed by atoms with Gasteiger partial charge >= 0.3 is 5.97 Å². The van der Waals surface area contributed by atoms with E-state index >= 15 is 0 Å². The van der Waals surface area contributed by atoms with Crippen molar-refractivity contribution in [2.24, 2.45) is 0 Å². The Labute approximate surface area is 131 Å². The molecule has 2 aromatic rings. The van der Waals surface area contributed by atoms with Crippen molar-refractivity contribution < 1.29 is 9.53 Å². The van der Waals surface area contributed by atoms with Crippen LogP contribution in [-0.2, 0) is 4.74 Å². The van der Waals surface area contributed by atoms with E-state index in [4.69, 9.17) is 4.74 Å². The van der Waals surface area contributed by atoms with Crippen molar-refractivity contribution in [3.05, 3.63) is 83.4 Å². The molecule has 0 radical (unpaired) electrons. The lowest BCUT2D eigenvalue weighted by atomic mass is 9.86. The number of allylic oxidation sites excluding steroid dienone is 1. The van der Waals surface area contributed by atoms with Crippen LogP contribution in [0.15, 0.2) is 66.7 Å². The Kier molecular flexibility index (Phi) is 4.38. The lowest BCUT2D eigenvalue weighted by molar-refractivity contribution is 0.0359. The fourth-order valence-electron chi connectivity index (χ4n) is 2.83. The maximum Gasteiger partial charge on any atom is 0.338 e. The molecular formula is C20H20O2. The van der Waals surface area contributed by atoms with Gasteiger partial charge in [0.25, 0.3) is 0 Å². The molecule has 0 fully saturated rings. The third-order valence-electron chi connectivity index (χ3n) is 4.10. The molecule has 0 aromatic heterocycles. The summed E-state index contributed by atoms with van der Waals surface area (Å²) in [4.78, 5) is 12.2. The van der Waals surface area contributed by atoms with E-state index in [-0.39, 0.29) is 12.1 Å². The molecule has 0 heterocycles. The maximum absolute atomic E-state index is 12.2. The zero-order chi connectivity index (χ0) is 15.4. The molecule has 2 atom stereocenters. The Morgan fingerprint density at radius 2 is 1.77 bits per heavy atom. The Bertz CT molecular complexity index is 656. The highest BCUT2D eigenvalue weighted by atomic mass is 16.5. The van der Waals surface area contributed by atoms with Gasteiger partial charge in [-0.05, 0) is 49.5 Å². The minimum atomic E-state index is -0.247. The summed E-state index contributed by atoms with van der Waals surface area (Å²) in [6, 6.07) is 17.9. The van der Waals surface area contributed by atoms with Crippen LogP contribution >= 0.6 is 0 Å². The number of esters is 1. The van der Waals surface area contributed by atoms with E-state index in [0.29, 0.717) is 11.5 Å². The van der Waals surface area contributed by atoms with Crippen molar-refractivity contribution in [2.75, 3.05) is 0 Å². The minimum absolute atomic E-state index is 0.146. The molecule has 112 valence electrons. The van der Waals surface area contributed by atoms with Gasteiger partial charge in [-0.1, -0.05) is 54.1 Å². The monoisotopic (exact) mass is 292 g/mol. The maximum atomic E-state index is 12.2. The first-order chi connectivity index (χ1) is 10.7. The summed E-state index contributed by atoms with van der Waals surface area (Å²) in [6.45, 7) is 2.00. The number of benzene rings is 2. The molecule has 1 aliphatic rings. The molecule has 3 rings (SSSR count). The van der Waals surface area contributed by atoms with Crippen LogP contribution in [0.4, 0.5) is 0 Å². The van der Waals surface area contributed by atoms with Gasteiger partial charge in [0.2, 0.25) is 0 Å². The second-order valence-corrected chi connectivity index (χ2v) is 5.82. The highest BCUT2D eigenvalue weighted by molar-refractivity contribution is 5.89. The minimum Gasteiger partial charge on any atom is -0.455 e. The molecule has 0 unspecified atom stereocenters. The molecule has 0 N–H and O–H groups in total. The largest absolute Gasteiger partial charge is 0.455 e. The zero-order valence-corrected chi connectivity index (χ0v) is 12.7. The lowest BCUT2D eigenvalue weighted by Gasteiger charge is -2.25. The predicted octanol–water partition coefficient (Wildman–Crippen LogP) is 4.65.